The van der Waals surface area contributed by atoms with E-state index in [1.54, 1.807) is 0 Å². The third-order valence-corrected chi connectivity index (χ3v) is 7.36. The summed E-state index contributed by atoms with van der Waals surface area (Å²) in [5, 5.41) is 5.19. The summed E-state index contributed by atoms with van der Waals surface area (Å²) in [6.45, 7) is 11.8. The zero-order valence-corrected chi connectivity index (χ0v) is 19.3. The highest BCUT2D eigenvalue weighted by molar-refractivity contribution is 7.19. The van der Waals surface area contributed by atoms with Crippen LogP contribution in [0.1, 0.15) is 50.6 Å². The molecule has 0 fully saturated rings. The van der Waals surface area contributed by atoms with Gasteiger partial charge in [-0.1, -0.05) is 65.0 Å². The van der Waals surface area contributed by atoms with Crippen LogP contribution in [-0.4, -0.2) is 0 Å². The first-order valence-electron chi connectivity index (χ1n) is 10.2. The highest BCUT2D eigenvalue weighted by Gasteiger charge is 2.21. The van der Waals surface area contributed by atoms with Crippen LogP contribution in [0.3, 0.4) is 0 Å². The standard InChI is InChI=1S/C26H30S2/c1-25(2,3)15-20-17-27-24-12-18(10-11-22(20)24)14-26(4,5)16-21-13-19-8-6-7-9-23(19)28-21/h6-13,17H,14-16H2,1-5H3. The summed E-state index contributed by atoms with van der Waals surface area (Å²) in [7, 11) is 0. The van der Waals surface area contributed by atoms with E-state index in [4.69, 9.17) is 0 Å². The zero-order valence-electron chi connectivity index (χ0n) is 17.6. The molecule has 0 amide bonds. The topological polar surface area (TPSA) is 0 Å². The minimum Gasteiger partial charge on any atom is -0.144 e. The van der Waals surface area contributed by atoms with Crippen molar-refractivity contribution in [1.29, 1.82) is 0 Å². The molecule has 0 atom stereocenters. The lowest BCUT2D eigenvalue weighted by atomic mass is 9.82. The highest BCUT2D eigenvalue weighted by atomic mass is 32.1. The van der Waals surface area contributed by atoms with Crippen LogP contribution < -0.4 is 0 Å². The molecule has 0 N–H and O–H groups in total. The average Bonchev–Trinajstić information content (AvgIpc) is 3.15. The van der Waals surface area contributed by atoms with Crippen molar-refractivity contribution in [1.82, 2.24) is 0 Å². The fourth-order valence-electron chi connectivity index (χ4n) is 4.16. The van der Waals surface area contributed by atoms with Gasteiger partial charge in [-0.15, -0.1) is 22.7 Å². The Morgan fingerprint density at radius 2 is 1.57 bits per heavy atom. The molecular weight excluding hydrogens is 376 g/mol. The molecule has 2 aromatic heterocycles. The number of benzene rings is 2. The van der Waals surface area contributed by atoms with Gasteiger partial charge in [-0.25, -0.2) is 0 Å². The van der Waals surface area contributed by atoms with Crippen LogP contribution in [0.4, 0.5) is 0 Å². The maximum Gasteiger partial charge on any atom is 0.0348 e. The van der Waals surface area contributed by atoms with Crippen molar-refractivity contribution in [3.63, 3.8) is 0 Å². The highest BCUT2D eigenvalue weighted by Crippen LogP contribution is 2.36. The lowest BCUT2D eigenvalue weighted by molar-refractivity contribution is 0.364. The van der Waals surface area contributed by atoms with Crippen LogP contribution in [0.2, 0.25) is 0 Å². The molecule has 0 aliphatic carbocycles. The van der Waals surface area contributed by atoms with Crippen LogP contribution in [0, 0.1) is 10.8 Å². The average molecular weight is 407 g/mol. The summed E-state index contributed by atoms with van der Waals surface area (Å²) in [6.07, 6.45) is 3.39. The second kappa shape index (κ2) is 7.31. The molecule has 0 unspecified atom stereocenters. The number of hydrogen-bond acceptors (Lipinski definition) is 2. The summed E-state index contributed by atoms with van der Waals surface area (Å²) in [6, 6.07) is 18.2. The van der Waals surface area contributed by atoms with E-state index in [-0.39, 0.29) is 5.41 Å². The van der Waals surface area contributed by atoms with Gasteiger partial charge < -0.3 is 0 Å². The zero-order chi connectivity index (χ0) is 19.9. The van der Waals surface area contributed by atoms with Gasteiger partial charge in [0.25, 0.3) is 0 Å². The lowest BCUT2D eigenvalue weighted by Crippen LogP contribution is -2.17. The van der Waals surface area contributed by atoms with E-state index < -0.39 is 0 Å². The smallest absolute Gasteiger partial charge is 0.0348 e. The van der Waals surface area contributed by atoms with E-state index in [0.29, 0.717) is 5.41 Å². The van der Waals surface area contributed by atoms with Crippen molar-refractivity contribution < 1.29 is 0 Å². The van der Waals surface area contributed by atoms with Gasteiger partial charge >= 0.3 is 0 Å². The van der Waals surface area contributed by atoms with E-state index >= 15 is 0 Å². The fourth-order valence-corrected chi connectivity index (χ4v) is 6.50. The van der Waals surface area contributed by atoms with Crippen LogP contribution in [0.15, 0.2) is 53.9 Å². The maximum absolute atomic E-state index is 2.43. The van der Waals surface area contributed by atoms with Crippen LogP contribution in [0.5, 0.6) is 0 Å². The summed E-state index contributed by atoms with van der Waals surface area (Å²) in [5.41, 5.74) is 3.55. The molecule has 0 aliphatic heterocycles. The van der Waals surface area contributed by atoms with Crippen molar-refractivity contribution in [3.05, 3.63) is 69.9 Å². The molecule has 4 rings (SSSR count). The van der Waals surface area contributed by atoms with Crippen molar-refractivity contribution in [2.24, 2.45) is 10.8 Å². The quantitative estimate of drug-likeness (QED) is 0.311. The number of thiophene rings is 2. The van der Waals surface area contributed by atoms with Crippen molar-refractivity contribution in [2.45, 2.75) is 53.9 Å². The minimum absolute atomic E-state index is 0.250. The summed E-state index contributed by atoms with van der Waals surface area (Å²) < 4.78 is 2.84. The van der Waals surface area contributed by atoms with Gasteiger partial charge in [0.2, 0.25) is 0 Å². The van der Waals surface area contributed by atoms with Gasteiger partial charge in [0.15, 0.2) is 0 Å². The Kier molecular flexibility index (Phi) is 5.14. The van der Waals surface area contributed by atoms with E-state index in [2.05, 4.69) is 88.5 Å². The van der Waals surface area contributed by atoms with Crippen LogP contribution >= 0.6 is 22.7 Å². The largest absolute Gasteiger partial charge is 0.144 e. The van der Waals surface area contributed by atoms with E-state index in [1.165, 1.54) is 36.2 Å². The Bertz CT molecular complexity index is 1070. The van der Waals surface area contributed by atoms with Gasteiger partial charge in [-0.2, -0.15) is 0 Å². The molecule has 2 heteroatoms. The Balaban J connectivity index is 1.52. The predicted octanol–water partition coefficient (Wildman–Crippen LogP) is 8.52. The molecule has 28 heavy (non-hydrogen) atoms. The summed E-state index contributed by atoms with van der Waals surface area (Å²) in [5.74, 6) is 0. The molecule has 0 bridgehead atoms. The third kappa shape index (κ3) is 4.50. The predicted molar refractivity (Wildman–Crippen MR) is 128 cm³/mol. The molecule has 0 aliphatic rings. The monoisotopic (exact) mass is 406 g/mol. The molecule has 0 saturated carbocycles. The Hall–Kier alpha value is -1.64. The fraction of sp³-hybridized carbons (Fsp3) is 0.385. The van der Waals surface area contributed by atoms with Crippen LogP contribution in [0.25, 0.3) is 20.2 Å². The Labute approximate surface area is 177 Å². The van der Waals surface area contributed by atoms with Gasteiger partial charge in [0.05, 0.1) is 0 Å². The van der Waals surface area contributed by atoms with Crippen molar-refractivity contribution >= 4 is 42.8 Å². The van der Waals surface area contributed by atoms with E-state index in [0.717, 1.165) is 19.3 Å². The maximum atomic E-state index is 2.43. The first-order chi connectivity index (χ1) is 13.2. The van der Waals surface area contributed by atoms with Gasteiger partial charge in [-0.05, 0) is 75.6 Å². The van der Waals surface area contributed by atoms with Crippen LogP contribution in [-0.2, 0) is 19.3 Å². The Morgan fingerprint density at radius 1 is 0.786 bits per heavy atom. The van der Waals surface area contributed by atoms with Gasteiger partial charge in [-0.3, -0.25) is 0 Å². The molecule has 0 saturated heterocycles. The van der Waals surface area contributed by atoms with E-state index in [1.807, 2.05) is 22.7 Å². The first-order valence-corrected chi connectivity index (χ1v) is 11.8. The van der Waals surface area contributed by atoms with Crippen molar-refractivity contribution in [3.8, 4) is 0 Å². The van der Waals surface area contributed by atoms with E-state index in [9.17, 15) is 0 Å². The minimum atomic E-state index is 0.250. The number of fused-ring (bicyclic) bond motifs is 2. The first kappa shape index (κ1) is 19.7. The molecule has 2 aromatic carbocycles. The lowest BCUT2D eigenvalue weighted by Gasteiger charge is -2.24. The second-order valence-corrected chi connectivity index (χ2v) is 12.2. The summed E-state index contributed by atoms with van der Waals surface area (Å²) in [4.78, 5) is 1.50. The molecule has 4 aromatic rings. The van der Waals surface area contributed by atoms with Gasteiger partial charge in [0, 0.05) is 14.3 Å². The second-order valence-electron chi connectivity index (χ2n) is 10.1. The molecule has 0 radical (unpaired) electrons. The molecule has 146 valence electrons. The molecule has 0 spiro atoms. The number of hydrogen-bond donors (Lipinski definition) is 0. The Morgan fingerprint density at radius 3 is 2.32 bits per heavy atom. The molecular formula is C26H30S2. The molecule has 2 heterocycles. The van der Waals surface area contributed by atoms with Gasteiger partial charge in [0.1, 0.15) is 0 Å². The third-order valence-electron chi connectivity index (χ3n) is 5.25. The molecule has 0 nitrogen and oxygen atoms in total. The SMILES string of the molecule is CC(C)(C)Cc1csc2cc(CC(C)(C)Cc3cc4ccccc4s3)ccc12. The number of rotatable bonds is 5. The van der Waals surface area contributed by atoms with Crippen molar-refractivity contribution in [2.75, 3.05) is 0 Å². The normalized spacial score (nSPS) is 12.9. The summed E-state index contributed by atoms with van der Waals surface area (Å²) >= 11 is 3.85.